The van der Waals surface area contributed by atoms with Gasteiger partial charge in [-0.25, -0.2) is 0 Å². The standard InChI is InChI=1S/C31H30N2O6/c1-3-4-5-16-38-23-13-11-21(12-14-23)27-26(29(35)31(36)33(27)19-20-8-7-15-32-18-20)28(34)25-17-22-9-6-10-24(37-2)30(22)39-25/h6-15,17-18,27,35H,3-5,16,19H2,1-2H3. The molecule has 1 atom stereocenters. The number of furan rings is 1. The summed E-state index contributed by atoms with van der Waals surface area (Å²) in [6.45, 7) is 2.90. The second kappa shape index (κ2) is 11.4. The van der Waals surface area contributed by atoms with E-state index in [0.717, 1.165) is 24.8 Å². The first-order valence-electron chi connectivity index (χ1n) is 13.0. The molecule has 8 heteroatoms. The molecule has 4 aromatic rings. The van der Waals surface area contributed by atoms with E-state index in [1.165, 1.54) is 12.0 Å². The molecule has 0 saturated carbocycles. The second-order valence-electron chi connectivity index (χ2n) is 9.40. The van der Waals surface area contributed by atoms with Gasteiger partial charge >= 0.3 is 0 Å². The minimum absolute atomic E-state index is 0.00737. The van der Waals surface area contributed by atoms with Crippen LogP contribution in [0.25, 0.3) is 11.0 Å². The summed E-state index contributed by atoms with van der Waals surface area (Å²) in [6.07, 6.45) is 6.46. The highest BCUT2D eigenvalue weighted by Crippen LogP contribution is 2.41. The summed E-state index contributed by atoms with van der Waals surface area (Å²) < 4.78 is 17.1. The summed E-state index contributed by atoms with van der Waals surface area (Å²) in [5.74, 6) is -0.618. The number of hydrogen-bond donors (Lipinski definition) is 1. The Balaban J connectivity index is 1.51. The first kappa shape index (κ1) is 26.0. The summed E-state index contributed by atoms with van der Waals surface area (Å²) in [7, 11) is 1.52. The van der Waals surface area contributed by atoms with Gasteiger partial charge in [0.1, 0.15) is 5.75 Å². The first-order chi connectivity index (χ1) is 19.0. The molecule has 1 aliphatic heterocycles. The van der Waals surface area contributed by atoms with E-state index in [9.17, 15) is 14.7 Å². The molecule has 5 rings (SSSR count). The lowest BCUT2D eigenvalue weighted by Crippen LogP contribution is -2.30. The largest absolute Gasteiger partial charge is 0.503 e. The Morgan fingerprint density at radius 1 is 1.10 bits per heavy atom. The normalized spacial score (nSPS) is 15.3. The molecule has 0 radical (unpaired) electrons. The molecule has 3 heterocycles. The number of para-hydroxylation sites is 1. The second-order valence-corrected chi connectivity index (χ2v) is 9.40. The van der Waals surface area contributed by atoms with Crippen LogP contribution in [0.15, 0.2) is 88.8 Å². The Bertz CT molecular complexity index is 1510. The average molecular weight is 527 g/mol. The Morgan fingerprint density at radius 3 is 2.64 bits per heavy atom. The lowest BCUT2D eigenvalue weighted by atomic mass is 9.94. The van der Waals surface area contributed by atoms with E-state index < -0.39 is 23.5 Å². The van der Waals surface area contributed by atoms with Crippen LogP contribution in [0.4, 0.5) is 0 Å². The van der Waals surface area contributed by atoms with Gasteiger partial charge in [-0.15, -0.1) is 0 Å². The van der Waals surface area contributed by atoms with Crippen LogP contribution in [0, 0.1) is 0 Å². The topological polar surface area (TPSA) is 102 Å². The van der Waals surface area contributed by atoms with Gasteiger partial charge in [0.15, 0.2) is 22.9 Å². The number of amides is 1. The maximum Gasteiger partial charge on any atom is 0.290 e. The van der Waals surface area contributed by atoms with Crippen LogP contribution in [0.2, 0.25) is 0 Å². The number of carbonyl (C=O) groups excluding carboxylic acids is 2. The molecule has 200 valence electrons. The molecule has 1 unspecified atom stereocenters. The van der Waals surface area contributed by atoms with Crippen LogP contribution in [0.3, 0.4) is 0 Å². The summed E-state index contributed by atoms with van der Waals surface area (Å²) in [6, 6.07) is 17.0. The highest BCUT2D eigenvalue weighted by molar-refractivity contribution is 6.16. The SMILES string of the molecule is CCCCCOc1ccc(C2C(C(=O)c3cc4cccc(OC)c4o3)=C(O)C(=O)N2Cc2cccnc2)cc1. The number of Topliss-reactive ketones (excluding diaryl/α,β-unsaturated/α-hetero) is 1. The maximum absolute atomic E-state index is 13.9. The van der Waals surface area contributed by atoms with Crippen molar-refractivity contribution < 1.29 is 28.6 Å². The monoisotopic (exact) mass is 526 g/mol. The van der Waals surface area contributed by atoms with E-state index in [1.807, 2.05) is 30.3 Å². The quantitative estimate of drug-likeness (QED) is 0.184. The smallest absolute Gasteiger partial charge is 0.290 e. The number of fused-ring (bicyclic) bond motifs is 1. The van der Waals surface area contributed by atoms with Gasteiger partial charge in [-0.1, -0.05) is 50.1 Å². The predicted octanol–water partition coefficient (Wildman–Crippen LogP) is 6.18. The molecule has 8 nitrogen and oxygen atoms in total. The fourth-order valence-electron chi connectivity index (χ4n) is 4.81. The van der Waals surface area contributed by atoms with Crippen LogP contribution < -0.4 is 9.47 Å². The first-order valence-corrected chi connectivity index (χ1v) is 13.0. The fraction of sp³-hybridized carbons (Fsp3) is 0.258. The molecule has 1 aliphatic rings. The van der Waals surface area contributed by atoms with E-state index in [1.54, 1.807) is 42.7 Å². The number of nitrogens with zero attached hydrogens (tertiary/aromatic N) is 2. The van der Waals surface area contributed by atoms with Crippen LogP contribution in [-0.4, -0.2) is 40.4 Å². The predicted molar refractivity (Wildman–Crippen MR) is 146 cm³/mol. The minimum atomic E-state index is -0.838. The number of aliphatic hydroxyl groups excluding tert-OH is 1. The fourth-order valence-corrected chi connectivity index (χ4v) is 4.81. The number of carbonyl (C=O) groups is 2. The molecule has 2 aromatic carbocycles. The van der Waals surface area contributed by atoms with Crippen molar-refractivity contribution in [2.45, 2.75) is 38.8 Å². The maximum atomic E-state index is 13.9. The minimum Gasteiger partial charge on any atom is -0.503 e. The lowest BCUT2D eigenvalue weighted by molar-refractivity contribution is -0.130. The summed E-state index contributed by atoms with van der Waals surface area (Å²) in [5, 5.41) is 11.7. The average Bonchev–Trinajstić information content (AvgIpc) is 3.51. The third-order valence-electron chi connectivity index (χ3n) is 6.79. The molecule has 1 amide bonds. The van der Waals surface area contributed by atoms with Crippen molar-refractivity contribution in [2.75, 3.05) is 13.7 Å². The van der Waals surface area contributed by atoms with Crippen molar-refractivity contribution in [3.63, 3.8) is 0 Å². The number of rotatable bonds is 11. The number of unbranched alkanes of at least 4 members (excludes halogenated alkanes) is 2. The Morgan fingerprint density at radius 2 is 1.92 bits per heavy atom. The van der Waals surface area contributed by atoms with E-state index in [0.29, 0.717) is 34.6 Å². The molecule has 39 heavy (non-hydrogen) atoms. The van der Waals surface area contributed by atoms with Gasteiger partial charge in [0.2, 0.25) is 5.78 Å². The third kappa shape index (κ3) is 5.23. The molecular formula is C31H30N2O6. The zero-order valence-corrected chi connectivity index (χ0v) is 21.9. The molecule has 0 saturated heterocycles. The molecule has 0 bridgehead atoms. The zero-order valence-electron chi connectivity index (χ0n) is 21.9. The van der Waals surface area contributed by atoms with Crippen LogP contribution in [0.5, 0.6) is 11.5 Å². The zero-order chi connectivity index (χ0) is 27.4. The van der Waals surface area contributed by atoms with Crippen molar-refractivity contribution in [2.24, 2.45) is 0 Å². The molecule has 0 spiro atoms. The number of methoxy groups -OCH3 is 1. The number of pyridine rings is 1. The Hall–Kier alpha value is -4.59. The van der Waals surface area contributed by atoms with E-state index in [2.05, 4.69) is 11.9 Å². The van der Waals surface area contributed by atoms with Crippen LogP contribution in [-0.2, 0) is 11.3 Å². The summed E-state index contributed by atoms with van der Waals surface area (Å²) in [4.78, 5) is 32.8. The lowest BCUT2D eigenvalue weighted by Gasteiger charge is -2.26. The van der Waals surface area contributed by atoms with Crippen molar-refractivity contribution in [1.29, 1.82) is 0 Å². The van der Waals surface area contributed by atoms with Gasteiger partial charge in [0.25, 0.3) is 5.91 Å². The Kier molecular flexibility index (Phi) is 7.63. The molecule has 2 aromatic heterocycles. The van der Waals surface area contributed by atoms with Crippen LogP contribution >= 0.6 is 0 Å². The molecular weight excluding hydrogens is 496 g/mol. The van der Waals surface area contributed by atoms with Gasteiger partial charge in [-0.3, -0.25) is 14.6 Å². The van der Waals surface area contributed by atoms with Gasteiger partial charge < -0.3 is 23.9 Å². The van der Waals surface area contributed by atoms with Gasteiger partial charge in [0, 0.05) is 24.3 Å². The van der Waals surface area contributed by atoms with Gasteiger partial charge in [-0.05, 0) is 47.9 Å². The number of aromatic nitrogens is 1. The van der Waals surface area contributed by atoms with Crippen LogP contribution in [0.1, 0.15) is 53.9 Å². The van der Waals surface area contributed by atoms with Crippen molar-refractivity contribution in [3.8, 4) is 11.5 Å². The van der Waals surface area contributed by atoms with Crippen molar-refractivity contribution in [3.05, 3.63) is 101 Å². The van der Waals surface area contributed by atoms with E-state index in [4.69, 9.17) is 13.9 Å². The molecule has 1 N–H and O–H groups in total. The highest BCUT2D eigenvalue weighted by Gasteiger charge is 2.44. The van der Waals surface area contributed by atoms with E-state index in [-0.39, 0.29) is 17.9 Å². The number of aliphatic hydroxyl groups is 1. The van der Waals surface area contributed by atoms with Crippen molar-refractivity contribution in [1.82, 2.24) is 9.88 Å². The Labute approximate surface area is 226 Å². The number of hydrogen-bond acceptors (Lipinski definition) is 7. The third-order valence-corrected chi connectivity index (χ3v) is 6.79. The number of benzene rings is 2. The van der Waals surface area contributed by atoms with E-state index >= 15 is 0 Å². The summed E-state index contributed by atoms with van der Waals surface area (Å²) >= 11 is 0. The van der Waals surface area contributed by atoms with Crippen molar-refractivity contribution >= 4 is 22.7 Å². The summed E-state index contributed by atoms with van der Waals surface area (Å²) in [5.41, 5.74) is 1.80. The number of ether oxygens (including phenoxy) is 2. The molecule has 0 fully saturated rings. The highest BCUT2D eigenvalue weighted by atomic mass is 16.5. The van der Waals surface area contributed by atoms with Gasteiger partial charge in [0.05, 0.1) is 25.3 Å². The number of ketones is 1. The molecule has 0 aliphatic carbocycles. The van der Waals surface area contributed by atoms with Gasteiger partial charge in [-0.2, -0.15) is 0 Å².